The number of rotatable bonds is 4. The second-order valence-corrected chi connectivity index (χ2v) is 8.92. The number of aromatic nitrogens is 1. The minimum absolute atomic E-state index is 0.153. The zero-order valence-electron chi connectivity index (χ0n) is 14.6. The van der Waals surface area contributed by atoms with Gasteiger partial charge >= 0.3 is 0 Å². The number of sulfonamides is 1. The molecule has 1 amide bonds. The van der Waals surface area contributed by atoms with Crippen LogP contribution in [0.15, 0.2) is 38.2 Å². The third-order valence-electron chi connectivity index (χ3n) is 4.44. The zero-order valence-corrected chi connectivity index (χ0v) is 17.0. The molecule has 0 unspecified atom stereocenters. The minimum Gasteiger partial charge on any atom is -0.361 e. The molecule has 0 spiro atoms. The molecule has 0 atom stereocenters. The number of amides is 1. The van der Waals surface area contributed by atoms with E-state index >= 15 is 0 Å². The third-order valence-corrected chi connectivity index (χ3v) is 6.83. The second-order valence-electron chi connectivity index (χ2n) is 6.07. The van der Waals surface area contributed by atoms with Gasteiger partial charge in [-0.05, 0) is 31.5 Å². The Kier molecular flexibility index (Phi) is 5.50. The molecule has 26 heavy (non-hydrogen) atoms. The molecular weight excluding hydrogens is 422 g/mol. The molecule has 0 saturated carbocycles. The maximum atomic E-state index is 12.8. The van der Waals surface area contributed by atoms with Gasteiger partial charge in [-0.2, -0.15) is 4.31 Å². The first kappa shape index (κ1) is 19.1. The number of nitrogens with zero attached hydrogens (tertiary/aromatic N) is 3. The predicted octanol–water partition coefficient (Wildman–Crippen LogP) is 2.45. The van der Waals surface area contributed by atoms with Gasteiger partial charge in [0.05, 0.1) is 10.6 Å². The molecule has 2 heterocycles. The van der Waals surface area contributed by atoms with Crippen LogP contribution in [0.1, 0.15) is 28.7 Å². The molecule has 0 aliphatic carbocycles. The lowest BCUT2D eigenvalue weighted by atomic mass is 10.1. The number of halogens is 1. The van der Waals surface area contributed by atoms with Crippen molar-refractivity contribution in [2.45, 2.75) is 25.2 Å². The van der Waals surface area contributed by atoms with Gasteiger partial charge in [0.1, 0.15) is 11.3 Å². The quantitative estimate of drug-likeness (QED) is 0.727. The van der Waals surface area contributed by atoms with Crippen molar-refractivity contribution in [2.24, 2.45) is 0 Å². The number of benzene rings is 1. The van der Waals surface area contributed by atoms with Gasteiger partial charge in [-0.15, -0.1) is 0 Å². The molecule has 1 saturated heterocycles. The predicted molar refractivity (Wildman–Crippen MR) is 99.4 cm³/mol. The van der Waals surface area contributed by atoms with E-state index in [2.05, 4.69) is 21.1 Å². The Hall–Kier alpha value is -1.71. The molecule has 1 aliphatic heterocycles. The summed E-state index contributed by atoms with van der Waals surface area (Å²) >= 11 is 3.30. The molecule has 0 bridgehead atoms. The SMILES string of the molecule is CCc1noc(C)c1C(=O)N1CCN(S(=O)(=O)c2cccc(Br)c2)CC1. The highest BCUT2D eigenvalue weighted by atomic mass is 79.9. The standard InChI is InChI=1S/C17H20BrN3O4S/c1-3-15-16(12(2)25-19-15)17(22)20-7-9-21(10-8-20)26(23,24)14-6-4-5-13(18)11-14/h4-6,11H,3,7-10H2,1-2H3. The Morgan fingerprint density at radius 2 is 1.96 bits per heavy atom. The number of hydrogen-bond acceptors (Lipinski definition) is 5. The first-order valence-electron chi connectivity index (χ1n) is 8.34. The van der Waals surface area contributed by atoms with Gasteiger partial charge in [0.15, 0.2) is 0 Å². The van der Waals surface area contributed by atoms with E-state index in [4.69, 9.17) is 4.52 Å². The fraction of sp³-hybridized carbons (Fsp3) is 0.412. The number of carbonyl (C=O) groups is 1. The average Bonchev–Trinajstić information content (AvgIpc) is 3.02. The van der Waals surface area contributed by atoms with Crippen LogP contribution >= 0.6 is 15.9 Å². The summed E-state index contributed by atoms with van der Waals surface area (Å²) in [6.45, 7) is 4.81. The lowest BCUT2D eigenvalue weighted by Crippen LogP contribution is -2.50. The highest BCUT2D eigenvalue weighted by Gasteiger charge is 2.32. The van der Waals surface area contributed by atoms with E-state index in [1.165, 1.54) is 4.31 Å². The van der Waals surface area contributed by atoms with Gasteiger partial charge in [-0.1, -0.05) is 34.1 Å². The summed E-state index contributed by atoms with van der Waals surface area (Å²) in [5.74, 6) is 0.344. The van der Waals surface area contributed by atoms with Crippen LogP contribution in [0.2, 0.25) is 0 Å². The van der Waals surface area contributed by atoms with Crippen LogP contribution in [0.3, 0.4) is 0 Å². The number of carbonyl (C=O) groups excluding carboxylic acids is 1. The lowest BCUT2D eigenvalue weighted by molar-refractivity contribution is 0.0695. The Labute approximate surface area is 161 Å². The lowest BCUT2D eigenvalue weighted by Gasteiger charge is -2.34. The van der Waals surface area contributed by atoms with E-state index < -0.39 is 10.0 Å². The van der Waals surface area contributed by atoms with Crippen molar-refractivity contribution in [1.82, 2.24) is 14.4 Å². The van der Waals surface area contributed by atoms with Crippen LogP contribution < -0.4 is 0 Å². The Morgan fingerprint density at radius 1 is 1.27 bits per heavy atom. The summed E-state index contributed by atoms with van der Waals surface area (Å²) in [6.07, 6.45) is 0.607. The molecule has 9 heteroatoms. The molecule has 1 aromatic carbocycles. The van der Waals surface area contributed by atoms with Gasteiger partial charge < -0.3 is 9.42 Å². The molecule has 1 fully saturated rings. The van der Waals surface area contributed by atoms with Crippen LogP contribution in [-0.2, 0) is 16.4 Å². The van der Waals surface area contributed by atoms with Crippen molar-refractivity contribution >= 4 is 31.9 Å². The third kappa shape index (κ3) is 3.56. The molecular formula is C17H20BrN3O4S. The molecule has 0 radical (unpaired) electrons. The summed E-state index contributed by atoms with van der Waals surface area (Å²) in [6, 6.07) is 6.63. The molecule has 1 aliphatic rings. The maximum Gasteiger partial charge on any atom is 0.259 e. The van der Waals surface area contributed by atoms with Crippen LogP contribution in [-0.4, -0.2) is 54.9 Å². The smallest absolute Gasteiger partial charge is 0.259 e. The first-order valence-corrected chi connectivity index (χ1v) is 10.6. The normalized spacial score (nSPS) is 16.0. The van der Waals surface area contributed by atoms with Crippen LogP contribution in [0.25, 0.3) is 0 Å². The summed E-state index contributed by atoms with van der Waals surface area (Å²) in [5, 5.41) is 3.92. The number of aryl methyl sites for hydroxylation is 2. The second kappa shape index (κ2) is 7.50. The fourth-order valence-electron chi connectivity index (χ4n) is 3.00. The largest absolute Gasteiger partial charge is 0.361 e. The molecule has 140 valence electrons. The van der Waals surface area contributed by atoms with Crippen LogP contribution in [0.4, 0.5) is 0 Å². The van der Waals surface area contributed by atoms with E-state index in [-0.39, 0.29) is 23.9 Å². The van der Waals surface area contributed by atoms with E-state index in [0.29, 0.717) is 41.0 Å². The Bertz CT molecular complexity index is 918. The zero-order chi connectivity index (χ0) is 18.9. The van der Waals surface area contributed by atoms with Crippen LogP contribution in [0, 0.1) is 6.92 Å². The Morgan fingerprint density at radius 3 is 2.58 bits per heavy atom. The van der Waals surface area contributed by atoms with Crippen molar-refractivity contribution in [1.29, 1.82) is 0 Å². The van der Waals surface area contributed by atoms with Gasteiger partial charge in [-0.3, -0.25) is 4.79 Å². The fourth-order valence-corrected chi connectivity index (χ4v) is 5.02. The average molecular weight is 442 g/mol. The Balaban J connectivity index is 1.73. The van der Waals surface area contributed by atoms with Gasteiger partial charge in [-0.25, -0.2) is 8.42 Å². The monoisotopic (exact) mass is 441 g/mol. The van der Waals surface area contributed by atoms with Crippen LogP contribution in [0.5, 0.6) is 0 Å². The summed E-state index contributed by atoms with van der Waals surface area (Å²) in [5.41, 5.74) is 1.13. The highest BCUT2D eigenvalue weighted by Crippen LogP contribution is 2.23. The number of hydrogen-bond donors (Lipinski definition) is 0. The van der Waals surface area contributed by atoms with Gasteiger partial charge in [0, 0.05) is 30.7 Å². The first-order chi connectivity index (χ1) is 12.3. The van der Waals surface area contributed by atoms with E-state index in [0.717, 1.165) is 0 Å². The molecule has 3 rings (SSSR count). The van der Waals surface area contributed by atoms with Gasteiger partial charge in [0.2, 0.25) is 10.0 Å². The van der Waals surface area contributed by atoms with E-state index in [1.54, 1.807) is 36.1 Å². The summed E-state index contributed by atoms with van der Waals surface area (Å²) in [4.78, 5) is 14.7. The molecule has 1 aromatic heterocycles. The van der Waals surface area contributed by atoms with E-state index in [9.17, 15) is 13.2 Å². The van der Waals surface area contributed by atoms with Crippen molar-refractivity contribution in [2.75, 3.05) is 26.2 Å². The highest BCUT2D eigenvalue weighted by molar-refractivity contribution is 9.10. The van der Waals surface area contributed by atoms with E-state index in [1.807, 2.05) is 6.92 Å². The maximum absolute atomic E-state index is 12.8. The van der Waals surface area contributed by atoms with Crippen molar-refractivity contribution in [3.63, 3.8) is 0 Å². The number of piperazine rings is 1. The minimum atomic E-state index is -3.57. The van der Waals surface area contributed by atoms with Crippen molar-refractivity contribution in [3.8, 4) is 0 Å². The summed E-state index contributed by atoms with van der Waals surface area (Å²) < 4.78 is 32.8. The van der Waals surface area contributed by atoms with Crippen molar-refractivity contribution < 1.29 is 17.7 Å². The summed E-state index contributed by atoms with van der Waals surface area (Å²) in [7, 11) is -3.57. The topological polar surface area (TPSA) is 83.7 Å². The molecule has 0 N–H and O–H groups in total. The van der Waals surface area contributed by atoms with Crippen molar-refractivity contribution in [3.05, 3.63) is 45.8 Å². The molecule has 7 nitrogen and oxygen atoms in total. The van der Waals surface area contributed by atoms with Gasteiger partial charge in [0.25, 0.3) is 5.91 Å². The molecule has 2 aromatic rings.